The highest BCUT2D eigenvalue weighted by Gasteiger charge is 2.08. The summed E-state index contributed by atoms with van der Waals surface area (Å²) in [5.74, 6) is 0.656. The molecule has 1 N–H and O–H groups in total. The van der Waals surface area contributed by atoms with Gasteiger partial charge in [-0.2, -0.15) is 0 Å². The van der Waals surface area contributed by atoms with Crippen molar-refractivity contribution in [3.63, 3.8) is 0 Å². The Labute approximate surface area is 108 Å². The molecule has 0 aliphatic heterocycles. The molecule has 1 atom stereocenters. The second-order valence-electron chi connectivity index (χ2n) is 3.57. The van der Waals surface area contributed by atoms with Crippen molar-refractivity contribution in [3.05, 3.63) is 58.8 Å². The first-order valence-corrected chi connectivity index (χ1v) is 6.01. The monoisotopic (exact) mass is 293 g/mol. The number of aliphatic hydroxyl groups excluding tert-OH is 1. The maximum Gasteiger partial charge on any atom is 0.137 e. The molecule has 17 heavy (non-hydrogen) atoms. The number of nitrogens with zero attached hydrogens (tertiary/aromatic N) is 1. The molecule has 0 aliphatic rings. The molecule has 0 radical (unpaired) electrons. The van der Waals surface area contributed by atoms with Gasteiger partial charge in [-0.1, -0.05) is 28.1 Å². The number of aliphatic hydroxyl groups is 1. The van der Waals surface area contributed by atoms with Crippen LogP contribution in [0.1, 0.15) is 11.7 Å². The lowest BCUT2D eigenvalue weighted by atomic mass is 10.1. The Balaban J connectivity index is 1.93. The van der Waals surface area contributed by atoms with Gasteiger partial charge in [-0.3, -0.25) is 4.98 Å². The van der Waals surface area contributed by atoms with E-state index in [4.69, 9.17) is 4.74 Å². The van der Waals surface area contributed by atoms with E-state index in [2.05, 4.69) is 20.9 Å². The average molecular weight is 294 g/mol. The zero-order valence-corrected chi connectivity index (χ0v) is 10.7. The summed E-state index contributed by atoms with van der Waals surface area (Å²) in [7, 11) is 0. The van der Waals surface area contributed by atoms with Crippen LogP contribution < -0.4 is 4.74 Å². The summed E-state index contributed by atoms with van der Waals surface area (Å²) in [6, 6.07) is 11.1. The van der Waals surface area contributed by atoms with Gasteiger partial charge in [-0.15, -0.1) is 0 Å². The molecule has 0 spiro atoms. The quantitative estimate of drug-likeness (QED) is 0.942. The molecule has 1 heterocycles. The second-order valence-corrected chi connectivity index (χ2v) is 4.48. The smallest absolute Gasteiger partial charge is 0.137 e. The number of hydrogen-bond acceptors (Lipinski definition) is 3. The zero-order valence-electron chi connectivity index (χ0n) is 9.08. The first-order valence-electron chi connectivity index (χ1n) is 5.22. The van der Waals surface area contributed by atoms with E-state index in [1.54, 1.807) is 24.5 Å². The summed E-state index contributed by atoms with van der Waals surface area (Å²) in [6.07, 6.45) is 2.66. The highest BCUT2D eigenvalue weighted by molar-refractivity contribution is 9.10. The Bertz CT molecular complexity index is 459. The van der Waals surface area contributed by atoms with Crippen molar-refractivity contribution in [2.75, 3.05) is 6.61 Å². The van der Waals surface area contributed by atoms with Crippen LogP contribution in [-0.2, 0) is 0 Å². The minimum atomic E-state index is -0.636. The standard InChI is InChI=1S/C13H12BrNO2/c14-11-5-3-10(4-6-11)13(16)9-17-12-2-1-7-15-8-12/h1-8,13,16H,9H2. The minimum absolute atomic E-state index is 0.216. The molecule has 2 aromatic rings. The minimum Gasteiger partial charge on any atom is -0.489 e. The van der Waals surface area contributed by atoms with Gasteiger partial charge >= 0.3 is 0 Å². The van der Waals surface area contributed by atoms with E-state index in [1.807, 2.05) is 24.3 Å². The van der Waals surface area contributed by atoms with Crippen LogP contribution in [0.5, 0.6) is 5.75 Å². The first kappa shape index (κ1) is 12.1. The van der Waals surface area contributed by atoms with Crippen molar-refractivity contribution in [3.8, 4) is 5.75 Å². The van der Waals surface area contributed by atoms with E-state index in [9.17, 15) is 5.11 Å². The molecule has 0 saturated carbocycles. The third-order valence-corrected chi connectivity index (χ3v) is 2.83. The molecule has 1 unspecified atom stereocenters. The third-order valence-electron chi connectivity index (χ3n) is 2.30. The Morgan fingerprint density at radius 3 is 2.65 bits per heavy atom. The normalized spacial score (nSPS) is 12.1. The molecule has 2 rings (SSSR count). The first-order chi connectivity index (χ1) is 8.25. The summed E-state index contributed by atoms with van der Waals surface area (Å²) in [6.45, 7) is 0.216. The van der Waals surface area contributed by atoms with Gasteiger partial charge in [0.05, 0.1) is 6.20 Å². The van der Waals surface area contributed by atoms with Crippen molar-refractivity contribution in [1.82, 2.24) is 4.98 Å². The number of aromatic nitrogens is 1. The maximum atomic E-state index is 9.91. The Kier molecular flexibility index (Phi) is 4.12. The summed E-state index contributed by atoms with van der Waals surface area (Å²) in [5.41, 5.74) is 0.831. The molecule has 4 heteroatoms. The number of benzene rings is 1. The summed E-state index contributed by atoms with van der Waals surface area (Å²) >= 11 is 3.35. The molecule has 88 valence electrons. The predicted molar refractivity (Wildman–Crippen MR) is 68.8 cm³/mol. The molecular weight excluding hydrogens is 282 g/mol. The van der Waals surface area contributed by atoms with Gasteiger partial charge in [0.15, 0.2) is 0 Å². The van der Waals surface area contributed by atoms with Crippen LogP contribution in [0.25, 0.3) is 0 Å². The molecule has 0 bridgehead atoms. The van der Waals surface area contributed by atoms with E-state index in [0.717, 1.165) is 10.0 Å². The lowest BCUT2D eigenvalue weighted by molar-refractivity contribution is 0.108. The largest absolute Gasteiger partial charge is 0.489 e. The molecule has 0 amide bonds. The molecule has 0 saturated heterocycles. The number of rotatable bonds is 4. The van der Waals surface area contributed by atoms with E-state index in [-0.39, 0.29) is 6.61 Å². The zero-order chi connectivity index (χ0) is 12.1. The fourth-order valence-electron chi connectivity index (χ4n) is 1.39. The lowest BCUT2D eigenvalue weighted by Gasteiger charge is -2.12. The number of hydrogen-bond donors (Lipinski definition) is 1. The lowest BCUT2D eigenvalue weighted by Crippen LogP contribution is -2.09. The van der Waals surface area contributed by atoms with Crippen molar-refractivity contribution in [2.24, 2.45) is 0 Å². The van der Waals surface area contributed by atoms with Crippen LogP contribution in [-0.4, -0.2) is 16.7 Å². The van der Waals surface area contributed by atoms with Gasteiger partial charge < -0.3 is 9.84 Å². The van der Waals surface area contributed by atoms with Crippen molar-refractivity contribution < 1.29 is 9.84 Å². The van der Waals surface area contributed by atoms with Crippen LogP contribution in [0.15, 0.2) is 53.3 Å². The van der Waals surface area contributed by atoms with Crippen molar-refractivity contribution >= 4 is 15.9 Å². The highest BCUT2D eigenvalue weighted by Crippen LogP contribution is 2.18. The molecule has 0 aliphatic carbocycles. The molecule has 1 aromatic carbocycles. The Morgan fingerprint density at radius 2 is 2.00 bits per heavy atom. The van der Waals surface area contributed by atoms with E-state index < -0.39 is 6.10 Å². The van der Waals surface area contributed by atoms with E-state index >= 15 is 0 Å². The molecular formula is C13H12BrNO2. The fourth-order valence-corrected chi connectivity index (χ4v) is 1.65. The van der Waals surface area contributed by atoms with Crippen LogP contribution in [0.3, 0.4) is 0 Å². The summed E-state index contributed by atoms with van der Waals surface area (Å²) < 4.78 is 6.42. The van der Waals surface area contributed by atoms with E-state index in [0.29, 0.717) is 5.75 Å². The van der Waals surface area contributed by atoms with Gasteiger partial charge in [0.2, 0.25) is 0 Å². The van der Waals surface area contributed by atoms with Crippen molar-refractivity contribution in [2.45, 2.75) is 6.10 Å². The maximum absolute atomic E-state index is 9.91. The van der Waals surface area contributed by atoms with Gasteiger partial charge in [0, 0.05) is 10.7 Å². The molecule has 3 nitrogen and oxygen atoms in total. The Hall–Kier alpha value is -1.39. The SMILES string of the molecule is OC(COc1cccnc1)c1ccc(Br)cc1. The van der Waals surface area contributed by atoms with Crippen LogP contribution in [0, 0.1) is 0 Å². The van der Waals surface area contributed by atoms with Crippen LogP contribution >= 0.6 is 15.9 Å². The molecule has 0 fully saturated rings. The van der Waals surface area contributed by atoms with Gasteiger partial charge in [0.1, 0.15) is 18.5 Å². The number of halogens is 1. The fraction of sp³-hybridized carbons (Fsp3) is 0.154. The van der Waals surface area contributed by atoms with Gasteiger partial charge in [0.25, 0.3) is 0 Å². The summed E-state index contributed by atoms with van der Waals surface area (Å²) in [5, 5.41) is 9.91. The van der Waals surface area contributed by atoms with Gasteiger partial charge in [-0.05, 0) is 29.8 Å². The third kappa shape index (κ3) is 3.54. The number of pyridine rings is 1. The van der Waals surface area contributed by atoms with Crippen molar-refractivity contribution in [1.29, 1.82) is 0 Å². The van der Waals surface area contributed by atoms with Gasteiger partial charge in [-0.25, -0.2) is 0 Å². The van der Waals surface area contributed by atoms with Crippen LogP contribution in [0.4, 0.5) is 0 Å². The second kappa shape index (κ2) is 5.80. The van der Waals surface area contributed by atoms with Crippen LogP contribution in [0.2, 0.25) is 0 Å². The highest BCUT2D eigenvalue weighted by atomic mass is 79.9. The summed E-state index contributed by atoms with van der Waals surface area (Å²) in [4.78, 5) is 3.93. The average Bonchev–Trinajstić information content (AvgIpc) is 2.38. The van der Waals surface area contributed by atoms with E-state index in [1.165, 1.54) is 0 Å². The number of ether oxygens (including phenoxy) is 1. The predicted octanol–water partition coefficient (Wildman–Crippen LogP) is 2.96. The topological polar surface area (TPSA) is 42.4 Å². The Morgan fingerprint density at radius 1 is 1.24 bits per heavy atom. The molecule has 1 aromatic heterocycles.